The molecule has 0 saturated carbocycles. The first-order chi connectivity index (χ1) is 10.6. The third-order valence-corrected chi connectivity index (χ3v) is 3.20. The molecule has 0 spiro atoms. The van der Waals surface area contributed by atoms with Crippen LogP contribution in [-0.2, 0) is 0 Å². The van der Waals surface area contributed by atoms with Crippen molar-refractivity contribution >= 4 is 28.9 Å². The number of rotatable bonds is 3. The highest BCUT2D eigenvalue weighted by molar-refractivity contribution is 5.86. The molecule has 3 aromatic rings. The lowest BCUT2D eigenvalue weighted by Gasteiger charge is -2.09. The van der Waals surface area contributed by atoms with Gasteiger partial charge in [-0.2, -0.15) is 5.10 Å². The Morgan fingerprint density at radius 3 is 2.82 bits per heavy atom. The second-order valence-corrected chi connectivity index (χ2v) is 5.24. The summed E-state index contributed by atoms with van der Waals surface area (Å²) in [6.07, 6.45) is 4.91. The molecule has 0 fully saturated rings. The molecule has 0 saturated heterocycles. The maximum absolute atomic E-state index is 5.82. The summed E-state index contributed by atoms with van der Waals surface area (Å²) in [6.45, 7) is 1.99. The molecule has 0 amide bonds. The maximum Gasteiger partial charge on any atom is 0.183 e. The summed E-state index contributed by atoms with van der Waals surface area (Å²) in [5, 5.41) is 4.43. The Kier molecular flexibility index (Phi) is 3.46. The molecule has 0 aliphatic heterocycles. The third kappa shape index (κ3) is 2.48. The van der Waals surface area contributed by atoms with Gasteiger partial charge in [0.05, 0.1) is 18.2 Å². The van der Waals surface area contributed by atoms with Crippen molar-refractivity contribution in [1.82, 2.24) is 24.6 Å². The van der Waals surface area contributed by atoms with Crippen LogP contribution in [0.1, 0.15) is 5.56 Å². The zero-order valence-electron chi connectivity index (χ0n) is 12.7. The average molecular weight is 295 g/mol. The van der Waals surface area contributed by atoms with Crippen LogP contribution in [0.2, 0.25) is 0 Å². The molecule has 112 valence electrons. The largest absolute Gasteiger partial charge is 0.399 e. The summed E-state index contributed by atoms with van der Waals surface area (Å²) in [7, 11) is 3.81. The number of nitrogens with two attached hydrogens (primary N) is 1. The van der Waals surface area contributed by atoms with Crippen molar-refractivity contribution in [2.24, 2.45) is 4.99 Å². The first kappa shape index (κ1) is 14.0. The second-order valence-electron chi connectivity index (χ2n) is 5.24. The highest BCUT2D eigenvalue weighted by Crippen LogP contribution is 2.26. The molecule has 22 heavy (non-hydrogen) atoms. The Labute approximate surface area is 128 Å². The summed E-state index contributed by atoms with van der Waals surface area (Å²) in [5.41, 5.74) is 10.0. The van der Waals surface area contributed by atoms with Crippen LogP contribution in [0.15, 0.2) is 35.7 Å². The Hall–Kier alpha value is -2.96. The Bertz CT molecular complexity index is 848. The van der Waals surface area contributed by atoms with Crippen molar-refractivity contribution < 1.29 is 0 Å². The van der Waals surface area contributed by atoms with E-state index in [0.717, 1.165) is 28.0 Å². The predicted molar refractivity (Wildman–Crippen MR) is 87.6 cm³/mol. The van der Waals surface area contributed by atoms with Crippen molar-refractivity contribution in [3.63, 3.8) is 0 Å². The number of aliphatic imine (C=N–C) groups is 1. The fourth-order valence-electron chi connectivity index (χ4n) is 2.21. The monoisotopic (exact) mass is 295 g/mol. The summed E-state index contributed by atoms with van der Waals surface area (Å²) in [6, 6.07) is 5.70. The van der Waals surface area contributed by atoms with Crippen molar-refractivity contribution in [3.05, 3.63) is 36.3 Å². The zero-order chi connectivity index (χ0) is 15.7. The fraction of sp³-hybridized carbons (Fsp3) is 0.200. The standard InChI is InChI=1S/C15H17N7/c1-10-6-11(16)4-5-13(10)22-14-12(7-20-22)17-8-18-15(14)19-9-21(2)3/h4-9H,16H2,1-3H3. The van der Waals surface area contributed by atoms with E-state index in [0.29, 0.717) is 5.82 Å². The van der Waals surface area contributed by atoms with Gasteiger partial charge in [-0.1, -0.05) is 0 Å². The highest BCUT2D eigenvalue weighted by Gasteiger charge is 2.13. The highest BCUT2D eigenvalue weighted by atomic mass is 15.3. The predicted octanol–water partition coefficient (Wildman–Crippen LogP) is 1.93. The van der Waals surface area contributed by atoms with E-state index in [2.05, 4.69) is 20.1 Å². The smallest absolute Gasteiger partial charge is 0.183 e. The number of nitrogens with zero attached hydrogens (tertiary/aromatic N) is 6. The average Bonchev–Trinajstić information content (AvgIpc) is 2.89. The first-order valence-electron chi connectivity index (χ1n) is 6.82. The van der Waals surface area contributed by atoms with Crippen LogP contribution in [0, 0.1) is 6.92 Å². The van der Waals surface area contributed by atoms with Gasteiger partial charge in [-0.3, -0.25) is 0 Å². The van der Waals surface area contributed by atoms with E-state index in [1.165, 1.54) is 6.33 Å². The molecular weight excluding hydrogens is 278 g/mol. The van der Waals surface area contributed by atoms with Crippen molar-refractivity contribution in [2.75, 3.05) is 19.8 Å². The lowest BCUT2D eigenvalue weighted by atomic mass is 10.2. The minimum Gasteiger partial charge on any atom is -0.399 e. The molecule has 2 N–H and O–H groups in total. The molecular formula is C15H17N7. The van der Waals surface area contributed by atoms with Crippen LogP contribution in [0.3, 0.4) is 0 Å². The number of fused-ring (bicyclic) bond motifs is 1. The topological polar surface area (TPSA) is 85.2 Å². The molecule has 0 aliphatic rings. The van der Waals surface area contributed by atoms with Gasteiger partial charge in [-0.25, -0.2) is 19.6 Å². The SMILES string of the molecule is Cc1cc(N)ccc1-n1ncc2ncnc(N=CN(C)C)c21. The van der Waals surface area contributed by atoms with Crippen LogP contribution in [0.4, 0.5) is 11.5 Å². The molecule has 0 aliphatic carbocycles. The molecule has 0 atom stereocenters. The normalized spacial score (nSPS) is 11.4. The van der Waals surface area contributed by atoms with Crippen LogP contribution in [0.25, 0.3) is 16.7 Å². The third-order valence-electron chi connectivity index (χ3n) is 3.20. The summed E-state index contributed by atoms with van der Waals surface area (Å²) in [5.74, 6) is 0.576. The molecule has 0 radical (unpaired) electrons. The maximum atomic E-state index is 5.82. The van der Waals surface area contributed by atoms with Crippen LogP contribution >= 0.6 is 0 Å². The Morgan fingerprint density at radius 2 is 2.09 bits per heavy atom. The van der Waals surface area contributed by atoms with Gasteiger partial charge in [0.2, 0.25) is 0 Å². The van der Waals surface area contributed by atoms with E-state index >= 15 is 0 Å². The van der Waals surface area contributed by atoms with E-state index in [-0.39, 0.29) is 0 Å². The van der Waals surface area contributed by atoms with Crippen LogP contribution in [0.5, 0.6) is 0 Å². The molecule has 7 nitrogen and oxygen atoms in total. The fourth-order valence-corrected chi connectivity index (χ4v) is 2.21. The van der Waals surface area contributed by atoms with Gasteiger partial charge >= 0.3 is 0 Å². The van der Waals surface area contributed by atoms with Gasteiger partial charge in [-0.05, 0) is 30.7 Å². The number of aromatic nitrogens is 4. The van der Waals surface area contributed by atoms with E-state index in [4.69, 9.17) is 5.73 Å². The van der Waals surface area contributed by atoms with Crippen molar-refractivity contribution in [3.8, 4) is 5.69 Å². The number of hydrogen-bond acceptors (Lipinski definition) is 5. The summed E-state index contributed by atoms with van der Waals surface area (Å²) in [4.78, 5) is 14.8. The number of benzene rings is 1. The van der Waals surface area contributed by atoms with Gasteiger partial charge in [0.1, 0.15) is 17.4 Å². The summed E-state index contributed by atoms with van der Waals surface area (Å²) < 4.78 is 1.80. The molecule has 0 bridgehead atoms. The molecule has 1 aromatic carbocycles. The number of nitrogen functional groups attached to an aromatic ring is 1. The first-order valence-corrected chi connectivity index (χ1v) is 6.82. The van der Waals surface area contributed by atoms with Crippen LogP contribution in [-0.4, -0.2) is 45.1 Å². The second kappa shape index (κ2) is 5.44. The summed E-state index contributed by atoms with van der Waals surface area (Å²) >= 11 is 0. The lowest BCUT2D eigenvalue weighted by Crippen LogP contribution is -2.07. The van der Waals surface area contributed by atoms with Gasteiger partial charge in [0, 0.05) is 19.8 Å². The molecule has 2 heterocycles. The van der Waals surface area contributed by atoms with Crippen molar-refractivity contribution in [2.45, 2.75) is 6.92 Å². The van der Waals surface area contributed by atoms with E-state index in [1.807, 2.05) is 44.1 Å². The lowest BCUT2D eigenvalue weighted by molar-refractivity contribution is 0.643. The van der Waals surface area contributed by atoms with Gasteiger partial charge in [0.25, 0.3) is 0 Å². The Balaban J connectivity index is 2.22. The number of aryl methyl sites for hydroxylation is 1. The minimum absolute atomic E-state index is 0.576. The zero-order valence-corrected chi connectivity index (χ0v) is 12.7. The van der Waals surface area contributed by atoms with E-state index in [9.17, 15) is 0 Å². The van der Waals surface area contributed by atoms with Gasteiger partial charge < -0.3 is 10.6 Å². The number of hydrogen-bond donors (Lipinski definition) is 1. The quantitative estimate of drug-likeness (QED) is 0.453. The minimum atomic E-state index is 0.576. The number of anilines is 1. The molecule has 0 unspecified atom stereocenters. The van der Waals surface area contributed by atoms with Crippen LogP contribution < -0.4 is 5.73 Å². The van der Waals surface area contributed by atoms with Gasteiger partial charge in [-0.15, -0.1) is 0 Å². The Morgan fingerprint density at radius 1 is 1.27 bits per heavy atom. The van der Waals surface area contributed by atoms with Crippen molar-refractivity contribution in [1.29, 1.82) is 0 Å². The molecule has 2 aromatic heterocycles. The van der Waals surface area contributed by atoms with E-state index < -0.39 is 0 Å². The molecule has 3 rings (SSSR count). The van der Waals surface area contributed by atoms with E-state index in [1.54, 1.807) is 17.2 Å². The molecule has 7 heteroatoms. The van der Waals surface area contributed by atoms with Gasteiger partial charge in [0.15, 0.2) is 5.82 Å².